The Morgan fingerprint density at radius 2 is 2.07 bits per heavy atom. The molecule has 0 amide bonds. The highest BCUT2D eigenvalue weighted by Crippen LogP contribution is 2.07. The molecule has 74 valence electrons. The Kier molecular flexibility index (Phi) is 2.66. The van der Waals surface area contributed by atoms with Gasteiger partial charge in [-0.05, 0) is 0 Å². The normalized spacial score (nSPS) is 9.71. The molecule has 6 nitrogen and oxygen atoms in total. The Morgan fingerprint density at radius 1 is 1.43 bits per heavy atom. The van der Waals surface area contributed by atoms with Gasteiger partial charge < -0.3 is 15.2 Å². The minimum Gasteiger partial charge on any atom is -0.477 e. The van der Waals surface area contributed by atoms with Gasteiger partial charge in [0.05, 0.1) is 0 Å². The standard InChI is InChI=1S/C8H8N2O4/c1-2-3-4-9-5(7(11)12)6(10-4)8(13)14/h2H,1,3H2,(H,9,10)(H,11,12)(H,13,14). The molecule has 0 bridgehead atoms. The number of rotatable bonds is 4. The molecule has 0 aliphatic rings. The number of carbonyl (C=O) groups is 2. The number of hydrogen-bond donors (Lipinski definition) is 3. The molecule has 0 aromatic carbocycles. The Balaban J connectivity index is 3.18. The van der Waals surface area contributed by atoms with Crippen molar-refractivity contribution in [3.63, 3.8) is 0 Å². The van der Waals surface area contributed by atoms with E-state index in [0.717, 1.165) is 0 Å². The first-order valence-electron chi connectivity index (χ1n) is 3.72. The highest BCUT2D eigenvalue weighted by atomic mass is 16.4. The summed E-state index contributed by atoms with van der Waals surface area (Å²) in [5.74, 6) is -2.44. The summed E-state index contributed by atoms with van der Waals surface area (Å²) < 4.78 is 0. The van der Waals surface area contributed by atoms with Crippen molar-refractivity contribution in [3.05, 3.63) is 29.9 Å². The van der Waals surface area contributed by atoms with Gasteiger partial charge in [0.25, 0.3) is 0 Å². The molecule has 0 fully saturated rings. The van der Waals surface area contributed by atoms with Gasteiger partial charge in [0.2, 0.25) is 0 Å². The molecular formula is C8H8N2O4. The van der Waals surface area contributed by atoms with E-state index in [1.165, 1.54) is 6.08 Å². The predicted octanol–water partition coefficient (Wildman–Crippen LogP) is 0.535. The highest BCUT2D eigenvalue weighted by Gasteiger charge is 2.21. The Labute approximate surface area is 78.9 Å². The second-order valence-corrected chi connectivity index (χ2v) is 2.51. The van der Waals surface area contributed by atoms with E-state index in [2.05, 4.69) is 16.5 Å². The first kappa shape index (κ1) is 9.97. The lowest BCUT2D eigenvalue weighted by atomic mass is 10.3. The first-order valence-corrected chi connectivity index (χ1v) is 3.72. The van der Waals surface area contributed by atoms with Gasteiger partial charge >= 0.3 is 11.9 Å². The second kappa shape index (κ2) is 3.73. The number of nitrogens with zero attached hydrogens (tertiary/aromatic N) is 1. The number of hydrogen-bond acceptors (Lipinski definition) is 3. The molecule has 0 radical (unpaired) electrons. The number of aromatic amines is 1. The van der Waals surface area contributed by atoms with Crippen LogP contribution in [-0.2, 0) is 6.42 Å². The largest absolute Gasteiger partial charge is 0.477 e. The van der Waals surface area contributed by atoms with E-state index >= 15 is 0 Å². The topological polar surface area (TPSA) is 103 Å². The number of H-pyrrole nitrogens is 1. The lowest BCUT2D eigenvalue weighted by Crippen LogP contribution is -2.07. The third-order valence-corrected chi connectivity index (χ3v) is 1.51. The van der Waals surface area contributed by atoms with Gasteiger partial charge in [-0.25, -0.2) is 14.6 Å². The minimum absolute atomic E-state index is 0.273. The van der Waals surface area contributed by atoms with Crippen LogP contribution in [0.15, 0.2) is 12.7 Å². The fourth-order valence-corrected chi connectivity index (χ4v) is 0.965. The maximum Gasteiger partial charge on any atom is 0.357 e. The minimum atomic E-state index is -1.37. The molecule has 0 atom stereocenters. The van der Waals surface area contributed by atoms with Crippen molar-refractivity contribution < 1.29 is 19.8 Å². The van der Waals surface area contributed by atoms with E-state index < -0.39 is 23.3 Å². The van der Waals surface area contributed by atoms with Crippen molar-refractivity contribution in [1.82, 2.24) is 9.97 Å². The Hall–Kier alpha value is -2.11. The summed E-state index contributed by atoms with van der Waals surface area (Å²) in [6.45, 7) is 3.43. The second-order valence-electron chi connectivity index (χ2n) is 2.51. The number of aromatic nitrogens is 2. The van der Waals surface area contributed by atoms with Crippen LogP contribution in [0.2, 0.25) is 0 Å². The van der Waals surface area contributed by atoms with Crippen LogP contribution >= 0.6 is 0 Å². The molecule has 0 aliphatic heterocycles. The van der Waals surface area contributed by atoms with Gasteiger partial charge in [-0.15, -0.1) is 6.58 Å². The number of carboxylic acid groups (broad SMARTS) is 2. The fraction of sp³-hybridized carbons (Fsp3) is 0.125. The number of allylic oxidation sites excluding steroid dienone is 1. The quantitative estimate of drug-likeness (QED) is 0.609. The van der Waals surface area contributed by atoms with E-state index in [1.54, 1.807) is 0 Å². The van der Waals surface area contributed by atoms with Crippen molar-refractivity contribution in [3.8, 4) is 0 Å². The molecule has 3 N–H and O–H groups in total. The van der Waals surface area contributed by atoms with Gasteiger partial charge in [0, 0.05) is 6.42 Å². The average molecular weight is 196 g/mol. The first-order chi connectivity index (χ1) is 6.56. The molecule has 0 unspecified atom stereocenters. The van der Waals surface area contributed by atoms with Crippen LogP contribution in [0.1, 0.15) is 26.8 Å². The smallest absolute Gasteiger partial charge is 0.357 e. The molecule has 0 saturated heterocycles. The molecule has 1 aromatic rings. The summed E-state index contributed by atoms with van der Waals surface area (Å²) in [6.07, 6.45) is 1.80. The zero-order valence-electron chi connectivity index (χ0n) is 7.15. The zero-order chi connectivity index (χ0) is 10.7. The molecule has 1 heterocycles. The van der Waals surface area contributed by atoms with Gasteiger partial charge in [0.15, 0.2) is 11.4 Å². The predicted molar refractivity (Wildman–Crippen MR) is 46.4 cm³/mol. The van der Waals surface area contributed by atoms with Gasteiger partial charge in [-0.1, -0.05) is 6.08 Å². The SMILES string of the molecule is C=CCc1nc(C(=O)O)c(C(=O)O)[nH]1. The summed E-state index contributed by atoms with van der Waals surface area (Å²) in [6, 6.07) is 0. The van der Waals surface area contributed by atoms with Crippen molar-refractivity contribution in [2.75, 3.05) is 0 Å². The summed E-state index contributed by atoms with van der Waals surface area (Å²) in [5.41, 5.74) is -0.885. The molecule has 6 heteroatoms. The van der Waals surface area contributed by atoms with E-state index in [-0.39, 0.29) is 5.82 Å². The van der Waals surface area contributed by atoms with Gasteiger partial charge in [-0.2, -0.15) is 0 Å². The van der Waals surface area contributed by atoms with Crippen LogP contribution in [0.5, 0.6) is 0 Å². The van der Waals surface area contributed by atoms with Crippen molar-refractivity contribution >= 4 is 11.9 Å². The molecule has 14 heavy (non-hydrogen) atoms. The van der Waals surface area contributed by atoms with E-state index in [4.69, 9.17) is 10.2 Å². The van der Waals surface area contributed by atoms with Crippen LogP contribution in [0, 0.1) is 0 Å². The number of aromatic carboxylic acids is 2. The fourth-order valence-electron chi connectivity index (χ4n) is 0.965. The maximum absolute atomic E-state index is 10.6. The van der Waals surface area contributed by atoms with E-state index in [0.29, 0.717) is 6.42 Å². The van der Waals surface area contributed by atoms with Crippen LogP contribution in [-0.4, -0.2) is 32.1 Å². The van der Waals surface area contributed by atoms with Crippen LogP contribution in [0.25, 0.3) is 0 Å². The van der Waals surface area contributed by atoms with Gasteiger partial charge in [-0.3, -0.25) is 0 Å². The summed E-state index contributed by atoms with van der Waals surface area (Å²) in [5, 5.41) is 17.3. The monoisotopic (exact) mass is 196 g/mol. The maximum atomic E-state index is 10.6. The Morgan fingerprint density at radius 3 is 2.43 bits per heavy atom. The van der Waals surface area contributed by atoms with Crippen LogP contribution < -0.4 is 0 Å². The molecular weight excluding hydrogens is 188 g/mol. The van der Waals surface area contributed by atoms with Crippen molar-refractivity contribution in [2.24, 2.45) is 0 Å². The number of nitrogens with one attached hydrogen (secondary N) is 1. The van der Waals surface area contributed by atoms with Crippen LogP contribution in [0.4, 0.5) is 0 Å². The van der Waals surface area contributed by atoms with Gasteiger partial charge in [0.1, 0.15) is 5.82 Å². The number of imidazole rings is 1. The van der Waals surface area contributed by atoms with Crippen molar-refractivity contribution in [2.45, 2.75) is 6.42 Å². The third-order valence-electron chi connectivity index (χ3n) is 1.51. The molecule has 1 aromatic heterocycles. The average Bonchev–Trinajstić information content (AvgIpc) is 2.49. The summed E-state index contributed by atoms with van der Waals surface area (Å²) >= 11 is 0. The molecule has 0 saturated carbocycles. The summed E-state index contributed by atoms with van der Waals surface area (Å²) in [4.78, 5) is 27.2. The van der Waals surface area contributed by atoms with Crippen molar-refractivity contribution in [1.29, 1.82) is 0 Å². The highest BCUT2D eigenvalue weighted by molar-refractivity contribution is 5.98. The lowest BCUT2D eigenvalue weighted by molar-refractivity contribution is 0.0644. The molecule has 0 aliphatic carbocycles. The Bertz CT molecular complexity index is 363. The molecule has 1 rings (SSSR count). The van der Waals surface area contributed by atoms with E-state index in [9.17, 15) is 9.59 Å². The van der Waals surface area contributed by atoms with Crippen LogP contribution in [0.3, 0.4) is 0 Å². The lowest BCUT2D eigenvalue weighted by Gasteiger charge is -1.88. The number of carboxylic acids is 2. The van der Waals surface area contributed by atoms with E-state index in [1.807, 2.05) is 0 Å². The summed E-state index contributed by atoms with van der Waals surface area (Å²) in [7, 11) is 0. The molecule has 0 spiro atoms. The third kappa shape index (κ3) is 1.79. The zero-order valence-corrected chi connectivity index (χ0v) is 7.15.